The van der Waals surface area contributed by atoms with E-state index in [2.05, 4.69) is 0 Å². The van der Waals surface area contributed by atoms with Crippen LogP contribution in [0.25, 0.3) is 0 Å². The van der Waals surface area contributed by atoms with Crippen LogP contribution in [0.2, 0.25) is 0 Å². The first-order valence-corrected chi connectivity index (χ1v) is 8.36. The van der Waals surface area contributed by atoms with E-state index >= 15 is 0 Å². The third-order valence-electron chi connectivity index (χ3n) is 4.31. The highest BCUT2D eigenvalue weighted by Gasteiger charge is 2.38. The van der Waals surface area contributed by atoms with Crippen molar-refractivity contribution >= 4 is 5.97 Å². The molecular formula is C21H16F2N2O3. The van der Waals surface area contributed by atoms with Gasteiger partial charge in [-0.25, -0.2) is 13.6 Å². The Morgan fingerprint density at radius 2 is 1.96 bits per heavy atom. The summed E-state index contributed by atoms with van der Waals surface area (Å²) < 4.78 is 38.8. The fraction of sp³-hybridized carbons (Fsp3) is 0.143. The third kappa shape index (κ3) is 3.71. The summed E-state index contributed by atoms with van der Waals surface area (Å²) in [6, 6.07) is 13.6. The van der Waals surface area contributed by atoms with Crippen molar-refractivity contribution in [2.45, 2.75) is 19.4 Å². The monoisotopic (exact) mass is 382 g/mol. The van der Waals surface area contributed by atoms with Gasteiger partial charge < -0.3 is 15.2 Å². The van der Waals surface area contributed by atoms with E-state index in [-0.39, 0.29) is 35.0 Å². The second-order valence-corrected chi connectivity index (χ2v) is 6.12. The van der Waals surface area contributed by atoms with Crippen molar-refractivity contribution in [1.82, 2.24) is 0 Å². The zero-order valence-corrected chi connectivity index (χ0v) is 14.9. The Labute approximate surface area is 160 Å². The van der Waals surface area contributed by atoms with Gasteiger partial charge in [-0.05, 0) is 30.7 Å². The van der Waals surface area contributed by atoms with E-state index in [9.17, 15) is 18.8 Å². The summed E-state index contributed by atoms with van der Waals surface area (Å²) in [5.41, 5.74) is 6.10. The predicted octanol–water partition coefficient (Wildman–Crippen LogP) is 3.79. The Kier molecular flexibility index (Phi) is 5.41. The average Bonchev–Trinajstić information content (AvgIpc) is 2.68. The number of hydrogen-bond acceptors (Lipinski definition) is 5. The molecule has 1 aliphatic heterocycles. The Morgan fingerprint density at radius 3 is 2.64 bits per heavy atom. The molecule has 1 unspecified atom stereocenters. The molecule has 0 spiro atoms. The number of halogens is 2. The number of benzene rings is 2. The van der Waals surface area contributed by atoms with Crippen LogP contribution >= 0.6 is 0 Å². The molecule has 0 aliphatic carbocycles. The van der Waals surface area contributed by atoms with Crippen LogP contribution in [0.1, 0.15) is 24.0 Å². The van der Waals surface area contributed by atoms with Crippen LogP contribution in [0.4, 0.5) is 8.78 Å². The first-order valence-electron chi connectivity index (χ1n) is 8.36. The number of carbonyl (C=O) groups is 1. The summed E-state index contributed by atoms with van der Waals surface area (Å²) in [6.07, 6.45) is 0. The zero-order chi connectivity index (χ0) is 20.3. The van der Waals surface area contributed by atoms with E-state index in [0.717, 1.165) is 23.8 Å². The summed E-state index contributed by atoms with van der Waals surface area (Å²) >= 11 is 0. The summed E-state index contributed by atoms with van der Waals surface area (Å²) in [6.45, 7) is 1.40. The van der Waals surface area contributed by atoms with E-state index in [1.165, 1.54) is 6.92 Å². The van der Waals surface area contributed by atoms with E-state index in [1.54, 1.807) is 24.3 Å². The molecule has 7 heteroatoms. The quantitative estimate of drug-likeness (QED) is 0.813. The van der Waals surface area contributed by atoms with Crippen LogP contribution in [-0.2, 0) is 20.9 Å². The van der Waals surface area contributed by atoms with Crippen LogP contribution in [-0.4, -0.2) is 5.97 Å². The number of hydrogen-bond donors (Lipinski definition) is 1. The molecule has 3 rings (SSSR count). The van der Waals surface area contributed by atoms with Gasteiger partial charge in [-0.1, -0.05) is 30.3 Å². The number of carbonyl (C=O) groups excluding carboxylic acids is 1. The Morgan fingerprint density at radius 1 is 1.25 bits per heavy atom. The van der Waals surface area contributed by atoms with Crippen molar-refractivity contribution in [3.05, 3.63) is 94.1 Å². The van der Waals surface area contributed by atoms with Gasteiger partial charge in [0.25, 0.3) is 0 Å². The van der Waals surface area contributed by atoms with Crippen LogP contribution in [0.15, 0.2) is 71.3 Å². The fourth-order valence-corrected chi connectivity index (χ4v) is 2.97. The predicted molar refractivity (Wildman–Crippen MR) is 95.9 cm³/mol. The lowest BCUT2D eigenvalue weighted by molar-refractivity contribution is -0.140. The standard InChI is InChI=1S/C21H16F2N2O3/c1-12-16(10-24)18(15-9-14(22)7-8-17(15)23)19(20(25)28-12)21(26)27-11-13-5-3-2-4-6-13/h2-9,18H,11,25H2,1H3. The molecule has 0 fully saturated rings. The minimum atomic E-state index is -1.24. The van der Waals surface area contributed by atoms with Crippen molar-refractivity contribution in [1.29, 1.82) is 5.26 Å². The number of nitrogens with two attached hydrogens (primary N) is 1. The van der Waals surface area contributed by atoms with E-state index in [0.29, 0.717) is 0 Å². The van der Waals surface area contributed by atoms with Crippen LogP contribution in [0.3, 0.4) is 0 Å². The SMILES string of the molecule is CC1=C(C#N)C(c2cc(F)ccc2F)C(C(=O)OCc2ccccc2)=C(N)O1. The number of nitriles is 1. The third-order valence-corrected chi connectivity index (χ3v) is 4.31. The molecule has 28 heavy (non-hydrogen) atoms. The molecule has 1 atom stereocenters. The van der Waals surface area contributed by atoms with Gasteiger partial charge in [0.1, 0.15) is 29.6 Å². The Bertz CT molecular complexity index is 1020. The average molecular weight is 382 g/mol. The minimum absolute atomic E-state index is 0.0506. The molecule has 142 valence electrons. The van der Waals surface area contributed by atoms with E-state index in [1.807, 2.05) is 12.1 Å². The second kappa shape index (κ2) is 7.92. The summed E-state index contributed by atoms with van der Waals surface area (Å²) in [5.74, 6) is -3.83. The molecule has 5 nitrogen and oxygen atoms in total. The fourth-order valence-electron chi connectivity index (χ4n) is 2.97. The topological polar surface area (TPSA) is 85.3 Å². The first-order chi connectivity index (χ1) is 13.4. The first kappa shape index (κ1) is 19.1. The normalized spacial score (nSPS) is 16.4. The van der Waals surface area contributed by atoms with Gasteiger partial charge in [0.05, 0.1) is 17.6 Å². The van der Waals surface area contributed by atoms with Gasteiger partial charge in [0, 0.05) is 5.56 Å². The molecule has 2 aromatic carbocycles. The molecular weight excluding hydrogens is 366 g/mol. The lowest BCUT2D eigenvalue weighted by Gasteiger charge is -2.27. The van der Waals surface area contributed by atoms with Crippen molar-refractivity contribution < 1.29 is 23.0 Å². The number of ether oxygens (including phenoxy) is 2. The Balaban J connectivity index is 2.01. The lowest BCUT2D eigenvalue weighted by Crippen LogP contribution is -2.27. The summed E-state index contributed by atoms with van der Waals surface area (Å²) in [5, 5.41) is 9.53. The molecule has 1 aliphatic rings. The van der Waals surface area contributed by atoms with Crippen molar-refractivity contribution in [2.75, 3.05) is 0 Å². The second-order valence-electron chi connectivity index (χ2n) is 6.12. The van der Waals surface area contributed by atoms with Gasteiger partial charge in [0.15, 0.2) is 0 Å². The number of nitrogens with zero attached hydrogens (tertiary/aromatic N) is 1. The lowest BCUT2D eigenvalue weighted by atomic mass is 9.83. The van der Waals surface area contributed by atoms with E-state index in [4.69, 9.17) is 15.2 Å². The smallest absolute Gasteiger partial charge is 0.340 e. The molecule has 0 radical (unpaired) electrons. The van der Waals surface area contributed by atoms with Crippen molar-refractivity contribution in [3.63, 3.8) is 0 Å². The molecule has 0 amide bonds. The molecule has 2 N–H and O–H groups in total. The number of esters is 1. The largest absolute Gasteiger partial charge is 0.457 e. The molecule has 1 heterocycles. The zero-order valence-electron chi connectivity index (χ0n) is 14.9. The maximum absolute atomic E-state index is 14.5. The summed E-state index contributed by atoms with van der Waals surface area (Å²) in [4.78, 5) is 12.7. The molecule has 0 saturated carbocycles. The van der Waals surface area contributed by atoms with Crippen molar-refractivity contribution in [2.24, 2.45) is 5.73 Å². The highest BCUT2D eigenvalue weighted by Crippen LogP contribution is 2.40. The van der Waals surface area contributed by atoms with Crippen molar-refractivity contribution in [3.8, 4) is 6.07 Å². The van der Waals surface area contributed by atoms with Gasteiger partial charge in [-0.15, -0.1) is 0 Å². The number of allylic oxidation sites excluding steroid dienone is 2. The minimum Gasteiger partial charge on any atom is -0.457 e. The molecule has 0 saturated heterocycles. The van der Waals surface area contributed by atoms with Gasteiger partial charge in [0.2, 0.25) is 5.88 Å². The number of rotatable bonds is 4. The van der Waals surface area contributed by atoms with Crippen LogP contribution < -0.4 is 5.73 Å². The molecule has 0 aromatic heterocycles. The Hall–Kier alpha value is -3.66. The van der Waals surface area contributed by atoms with Crippen LogP contribution in [0, 0.1) is 23.0 Å². The molecule has 2 aromatic rings. The van der Waals surface area contributed by atoms with Gasteiger partial charge in [-0.2, -0.15) is 5.26 Å². The molecule has 0 bridgehead atoms. The van der Waals surface area contributed by atoms with Gasteiger partial charge >= 0.3 is 5.97 Å². The maximum Gasteiger partial charge on any atom is 0.340 e. The summed E-state index contributed by atoms with van der Waals surface area (Å²) in [7, 11) is 0. The van der Waals surface area contributed by atoms with Crippen LogP contribution in [0.5, 0.6) is 0 Å². The van der Waals surface area contributed by atoms with E-state index < -0.39 is 23.5 Å². The highest BCUT2D eigenvalue weighted by molar-refractivity contribution is 5.92. The van der Waals surface area contributed by atoms with Gasteiger partial charge in [-0.3, -0.25) is 0 Å². The highest BCUT2D eigenvalue weighted by atomic mass is 19.1. The maximum atomic E-state index is 14.5.